The number of amides is 2. The lowest BCUT2D eigenvalue weighted by atomic mass is 9.69. The molecule has 1 saturated heterocycles. The largest absolute Gasteiger partial charge is 0.480 e. The predicted molar refractivity (Wildman–Crippen MR) is 101 cm³/mol. The lowest BCUT2D eigenvalue weighted by Crippen LogP contribution is -2.69. The summed E-state index contributed by atoms with van der Waals surface area (Å²) in [6.45, 7) is 2.37. The zero-order chi connectivity index (χ0) is 21.3. The molecule has 2 aliphatic rings. The van der Waals surface area contributed by atoms with Crippen molar-refractivity contribution in [2.24, 2.45) is 5.41 Å². The average molecular weight is 406 g/mol. The van der Waals surface area contributed by atoms with Gasteiger partial charge in [0.1, 0.15) is 0 Å². The van der Waals surface area contributed by atoms with Crippen molar-refractivity contribution in [2.75, 3.05) is 38.2 Å². The minimum absolute atomic E-state index is 0.0189. The van der Waals surface area contributed by atoms with Crippen LogP contribution in [0.4, 0.5) is 16.2 Å². The van der Waals surface area contributed by atoms with Gasteiger partial charge in [0.2, 0.25) is 5.91 Å². The van der Waals surface area contributed by atoms with Crippen molar-refractivity contribution in [1.29, 1.82) is 0 Å². The average Bonchev–Trinajstić information content (AvgIpc) is 2.71. The van der Waals surface area contributed by atoms with E-state index in [-0.39, 0.29) is 38.3 Å². The van der Waals surface area contributed by atoms with Crippen molar-refractivity contribution in [3.8, 4) is 0 Å². The first-order valence-electron chi connectivity index (χ1n) is 9.17. The van der Waals surface area contributed by atoms with Gasteiger partial charge >= 0.3 is 12.1 Å². The maximum Gasteiger partial charge on any atom is 0.409 e. The second-order valence-corrected chi connectivity index (χ2v) is 6.96. The molecular formula is C18H22N4O7. The number of carboxylic acid groups (broad SMARTS) is 1. The van der Waals surface area contributed by atoms with Crippen molar-refractivity contribution >= 4 is 29.3 Å². The van der Waals surface area contributed by atoms with Crippen LogP contribution in [0.2, 0.25) is 0 Å². The minimum Gasteiger partial charge on any atom is -0.480 e. The Bertz CT molecular complexity index is 874. The van der Waals surface area contributed by atoms with Gasteiger partial charge in [-0.25, -0.2) is 4.79 Å². The summed E-state index contributed by atoms with van der Waals surface area (Å²) in [4.78, 5) is 51.2. The number of nitrogens with zero attached hydrogens (tertiary/aromatic N) is 3. The summed E-state index contributed by atoms with van der Waals surface area (Å²) in [6, 6.07) is 3.37. The molecule has 1 fully saturated rings. The van der Waals surface area contributed by atoms with E-state index in [9.17, 15) is 29.6 Å². The number of non-ortho nitro benzene ring substituents is 1. The molecule has 0 aliphatic carbocycles. The lowest BCUT2D eigenvalue weighted by Gasteiger charge is -2.52. The Hall–Kier alpha value is -3.37. The first-order chi connectivity index (χ1) is 13.8. The van der Waals surface area contributed by atoms with Crippen LogP contribution in [0.25, 0.3) is 0 Å². The number of anilines is 1. The molecule has 11 nitrogen and oxygen atoms in total. The molecule has 0 radical (unpaired) electrons. The van der Waals surface area contributed by atoms with E-state index in [1.165, 1.54) is 24.1 Å². The molecule has 2 amide bonds. The maximum absolute atomic E-state index is 12.8. The third-order valence-corrected chi connectivity index (χ3v) is 5.54. The fourth-order valence-corrected chi connectivity index (χ4v) is 4.17. The fraction of sp³-hybridized carbons (Fsp3) is 0.500. The molecule has 0 unspecified atom stereocenters. The number of nitrogens with one attached hydrogen (secondary N) is 1. The third kappa shape index (κ3) is 3.22. The van der Waals surface area contributed by atoms with Gasteiger partial charge in [0, 0.05) is 50.9 Å². The van der Waals surface area contributed by atoms with Crippen molar-refractivity contribution < 1.29 is 29.2 Å². The Balaban J connectivity index is 2.12. The van der Waals surface area contributed by atoms with Crippen molar-refractivity contribution in [3.63, 3.8) is 0 Å². The predicted octanol–water partition coefficient (Wildman–Crippen LogP) is 0.615. The molecule has 3 rings (SSSR count). The van der Waals surface area contributed by atoms with E-state index < -0.39 is 34.3 Å². The molecule has 0 saturated carbocycles. The molecule has 2 atom stereocenters. The van der Waals surface area contributed by atoms with E-state index in [0.717, 1.165) is 0 Å². The Morgan fingerprint density at radius 2 is 2.10 bits per heavy atom. The first-order valence-corrected chi connectivity index (χ1v) is 9.17. The van der Waals surface area contributed by atoms with Gasteiger partial charge in [-0.05, 0) is 18.6 Å². The first kappa shape index (κ1) is 20.4. The highest BCUT2D eigenvalue weighted by Crippen LogP contribution is 2.44. The smallest absolute Gasteiger partial charge is 0.409 e. The molecule has 11 heteroatoms. The number of carboxylic acids is 1. The van der Waals surface area contributed by atoms with Gasteiger partial charge in [0.15, 0.2) is 5.41 Å². The minimum atomic E-state index is -1.91. The molecule has 156 valence electrons. The Kier molecular flexibility index (Phi) is 5.31. The maximum atomic E-state index is 12.8. The number of nitro groups is 1. The molecule has 2 aliphatic heterocycles. The Labute approximate surface area is 166 Å². The van der Waals surface area contributed by atoms with Gasteiger partial charge in [0.05, 0.1) is 17.6 Å². The standard InChI is InChI=1S/C18H22N4O7/c1-3-29-17(26)20-6-7-21-13-5-4-12(22(27)28)8-11(13)9-18(16(24)25,14(21)10-20)15(23)19-2/h4-5,8,14H,3,6-7,9-10H2,1-2H3,(H,19,23)(H,24,25)/t14-,18+/m1/s1. The van der Waals surface area contributed by atoms with Crippen LogP contribution in [0.5, 0.6) is 0 Å². The van der Waals surface area contributed by atoms with E-state index in [1.807, 2.05) is 0 Å². The summed E-state index contributed by atoms with van der Waals surface area (Å²) in [7, 11) is 1.34. The topological polar surface area (TPSA) is 142 Å². The number of benzene rings is 1. The summed E-state index contributed by atoms with van der Waals surface area (Å²) in [5.74, 6) is -2.07. The Morgan fingerprint density at radius 3 is 2.69 bits per heavy atom. The summed E-state index contributed by atoms with van der Waals surface area (Å²) in [5, 5.41) is 23.7. The molecule has 1 aromatic carbocycles. The number of rotatable bonds is 4. The highest BCUT2D eigenvalue weighted by atomic mass is 16.6. The van der Waals surface area contributed by atoms with Crippen LogP contribution in [-0.2, 0) is 20.7 Å². The van der Waals surface area contributed by atoms with E-state index >= 15 is 0 Å². The molecular weight excluding hydrogens is 384 g/mol. The number of fused-ring (bicyclic) bond motifs is 3. The van der Waals surface area contributed by atoms with Gasteiger partial charge in [-0.15, -0.1) is 0 Å². The number of carbonyl (C=O) groups excluding carboxylic acids is 2. The third-order valence-electron chi connectivity index (χ3n) is 5.54. The number of aliphatic carboxylic acids is 1. The highest BCUT2D eigenvalue weighted by molar-refractivity contribution is 6.04. The molecule has 0 aromatic heterocycles. The van der Waals surface area contributed by atoms with Gasteiger partial charge in [-0.1, -0.05) is 0 Å². The SMILES string of the molecule is CCOC(=O)N1CCN2c3ccc([N+](=O)[O-])cc3C[C@@](C(=O)O)(C(=O)NC)[C@H]2C1. The summed E-state index contributed by atoms with van der Waals surface area (Å²) >= 11 is 0. The highest BCUT2D eigenvalue weighted by Gasteiger charge is 2.59. The second-order valence-electron chi connectivity index (χ2n) is 6.96. The second kappa shape index (κ2) is 7.57. The van der Waals surface area contributed by atoms with Crippen LogP contribution in [0.1, 0.15) is 12.5 Å². The monoisotopic (exact) mass is 406 g/mol. The molecule has 29 heavy (non-hydrogen) atoms. The van der Waals surface area contributed by atoms with Gasteiger partial charge < -0.3 is 25.0 Å². The van der Waals surface area contributed by atoms with E-state index in [0.29, 0.717) is 11.3 Å². The molecule has 0 spiro atoms. The van der Waals surface area contributed by atoms with Gasteiger partial charge in [0.25, 0.3) is 5.69 Å². The summed E-state index contributed by atoms with van der Waals surface area (Å²) in [5.41, 5.74) is -1.05. The van der Waals surface area contributed by atoms with Crippen molar-refractivity contribution in [2.45, 2.75) is 19.4 Å². The van der Waals surface area contributed by atoms with E-state index in [4.69, 9.17) is 4.74 Å². The number of nitro benzene ring substituents is 1. The molecule has 1 aromatic rings. The fourth-order valence-electron chi connectivity index (χ4n) is 4.17. The lowest BCUT2D eigenvalue weighted by molar-refractivity contribution is -0.384. The zero-order valence-corrected chi connectivity index (χ0v) is 16.1. The number of piperazine rings is 1. The van der Waals surface area contributed by atoms with Crippen LogP contribution in [-0.4, -0.2) is 72.2 Å². The summed E-state index contributed by atoms with van der Waals surface area (Å²) in [6.07, 6.45) is -0.797. The number of ether oxygens (including phenoxy) is 1. The molecule has 2 N–H and O–H groups in total. The van der Waals surface area contributed by atoms with Gasteiger partial charge in [-0.3, -0.25) is 19.7 Å². The zero-order valence-electron chi connectivity index (χ0n) is 16.1. The van der Waals surface area contributed by atoms with Crippen LogP contribution in [0.3, 0.4) is 0 Å². The van der Waals surface area contributed by atoms with E-state index in [1.54, 1.807) is 17.9 Å². The summed E-state index contributed by atoms with van der Waals surface area (Å²) < 4.78 is 5.03. The van der Waals surface area contributed by atoms with Crippen LogP contribution in [0, 0.1) is 15.5 Å². The van der Waals surface area contributed by atoms with E-state index in [2.05, 4.69) is 5.32 Å². The van der Waals surface area contributed by atoms with Crippen molar-refractivity contribution in [1.82, 2.24) is 10.2 Å². The van der Waals surface area contributed by atoms with Gasteiger partial charge in [-0.2, -0.15) is 0 Å². The molecule has 0 bridgehead atoms. The van der Waals surface area contributed by atoms with Crippen LogP contribution >= 0.6 is 0 Å². The number of hydrogen-bond donors (Lipinski definition) is 2. The quantitative estimate of drug-likeness (QED) is 0.421. The number of carbonyl (C=O) groups is 3. The molecule has 2 heterocycles. The Morgan fingerprint density at radius 1 is 1.38 bits per heavy atom. The normalized spacial score (nSPS) is 22.9. The van der Waals surface area contributed by atoms with Crippen LogP contribution in [0.15, 0.2) is 18.2 Å². The number of hydrogen-bond acceptors (Lipinski definition) is 7. The van der Waals surface area contributed by atoms with Crippen molar-refractivity contribution in [3.05, 3.63) is 33.9 Å². The van der Waals surface area contributed by atoms with Crippen LogP contribution < -0.4 is 10.2 Å².